The first kappa shape index (κ1) is 17.2. The van der Waals surface area contributed by atoms with Gasteiger partial charge in [0.2, 0.25) is 5.95 Å². The van der Waals surface area contributed by atoms with Gasteiger partial charge in [-0.05, 0) is 67.3 Å². The first-order valence-corrected chi connectivity index (χ1v) is 8.63. The minimum Gasteiger partial charge on any atom is -0.370 e. The van der Waals surface area contributed by atoms with E-state index in [1.165, 1.54) is 16.7 Å². The van der Waals surface area contributed by atoms with Crippen molar-refractivity contribution in [2.75, 3.05) is 17.2 Å². The minimum absolute atomic E-state index is 0.580. The fraction of sp³-hybridized carbons (Fsp3) is 0.200. The Bertz CT molecular complexity index is 864. The van der Waals surface area contributed by atoms with Crippen LogP contribution in [0.4, 0.5) is 17.5 Å². The molecule has 0 radical (unpaired) electrons. The summed E-state index contributed by atoms with van der Waals surface area (Å²) in [5.74, 6) is 1.37. The molecule has 1 aromatic heterocycles. The third kappa shape index (κ3) is 4.94. The number of benzene rings is 2. The molecule has 4 nitrogen and oxygen atoms in total. The van der Waals surface area contributed by atoms with Gasteiger partial charge in [-0.3, -0.25) is 0 Å². The van der Waals surface area contributed by atoms with Gasteiger partial charge in [0.1, 0.15) is 5.82 Å². The van der Waals surface area contributed by atoms with Crippen LogP contribution < -0.4 is 10.6 Å². The number of anilines is 3. The van der Waals surface area contributed by atoms with Crippen LogP contribution in [-0.4, -0.2) is 16.5 Å². The monoisotopic (exact) mass is 352 g/mol. The second kappa shape index (κ2) is 7.99. The van der Waals surface area contributed by atoms with E-state index in [1.54, 1.807) is 6.20 Å². The fourth-order valence-electron chi connectivity index (χ4n) is 2.49. The summed E-state index contributed by atoms with van der Waals surface area (Å²) in [4.78, 5) is 8.79. The topological polar surface area (TPSA) is 49.8 Å². The Morgan fingerprint density at radius 3 is 2.68 bits per heavy atom. The van der Waals surface area contributed by atoms with Crippen LogP contribution in [0.15, 0.2) is 54.7 Å². The zero-order chi connectivity index (χ0) is 17.6. The first-order chi connectivity index (χ1) is 12.1. The van der Waals surface area contributed by atoms with Crippen LogP contribution in [0.2, 0.25) is 5.02 Å². The van der Waals surface area contributed by atoms with Gasteiger partial charge in [-0.25, -0.2) is 4.98 Å². The van der Waals surface area contributed by atoms with Crippen molar-refractivity contribution in [3.8, 4) is 0 Å². The second-order valence-corrected chi connectivity index (χ2v) is 6.43. The summed E-state index contributed by atoms with van der Waals surface area (Å²) in [6.07, 6.45) is 2.63. The Labute approximate surface area is 153 Å². The molecule has 0 aliphatic carbocycles. The SMILES string of the molecule is Cc1ccc(Nc2nccc(NCCc3cccc(Cl)c3)n2)cc1C. The Morgan fingerprint density at radius 1 is 1.00 bits per heavy atom. The highest BCUT2D eigenvalue weighted by Gasteiger charge is 2.02. The van der Waals surface area contributed by atoms with Crippen LogP contribution in [0.1, 0.15) is 16.7 Å². The molecule has 0 atom stereocenters. The van der Waals surface area contributed by atoms with Gasteiger partial charge >= 0.3 is 0 Å². The summed E-state index contributed by atoms with van der Waals surface area (Å²) < 4.78 is 0. The lowest BCUT2D eigenvalue weighted by molar-refractivity contribution is 1.00. The maximum absolute atomic E-state index is 6.01. The highest BCUT2D eigenvalue weighted by atomic mass is 35.5. The third-order valence-corrected chi connectivity index (χ3v) is 4.26. The number of rotatable bonds is 6. The molecular weight excluding hydrogens is 332 g/mol. The number of hydrogen-bond acceptors (Lipinski definition) is 4. The van der Waals surface area contributed by atoms with Gasteiger partial charge in [0, 0.05) is 23.5 Å². The highest BCUT2D eigenvalue weighted by molar-refractivity contribution is 6.30. The van der Waals surface area contributed by atoms with E-state index in [4.69, 9.17) is 11.6 Å². The van der Waals surface area contributed by atoms with Gasteiger partial charge in [0.15, 0.2) is 0 Å². The van der Waals surface area contributed by atoms with Crippen molar-refractivity contribution in [1.29, 1.82) is 0 Å². The lowest BCUT2D eigenvalue weighted by atomic mass is 10.1. The molecule has 0 fully saturated rings. The number of halogens is 1. The molecule has 0 amide bonds. The smallest absolute Gasteiger partial charge is 0.229 e. The predicted molar refractivity (Wildman–Crippen MR) is 105 cm³/mol. The molecule has 0 aliphatic heterocycles. The largest absolute Gasteiger partial charge is 0.370 e. The van der Waals surface area contributed by atoms with Crippen LogP contribution in [0.3, 0.4) is 0 Å². The van der Waals surface area contributed by atoms with Crippen molar-refractivity contribution >= 4 is 29.1 Å². The molecule has 2 N–H and O–H groups in total. The molecule has 25 heavy (non-hydrogen) atoms. The van der Waals surface area contributed by atoms with Crippen molar-refractivity contribution in [2.24, 2.45) is 0 Å². The molecular formula is C20H21ClN4. The lowest BCUT2D eigenvalue weighted by Gasteiger charge is -2.10. The van der Waals surface area contributed by atoms with E-state index in [9.17, 15) is 0 Å². The number of nitrogens with one attached hydrogen (secondary N) is 2. The Morgan fingerprint density at radius 2 is 1.88 bits per heavy atom. The van der Waals surface area contributed by atoms with Crippen molar-refractivity contribution in [1.82, 2.24) is 9.97 Å². The van der Waals surface area contributed by atoms with Crippen LogP contribution in [0.5, 0.6) is 0 Å². The van der Waals surface area contributed by atoms with E-state index in [2.05, 4.69) is 52.6 Å². The third-order valence-electron chi connectivity index (χ3n) is 4.03. The van der Waals surface area contributed by atoms with E-state index in [1.807, 2.05) is 30.3 Å². The van der Waals surface area contributed by atoms with Gasteiger partial charge in [0.05, 0.1) is 0 Å². The van der Waals surface area contributed by atoms with E-state index in [0.29, 0.717) is 5.95 Å². The van der Waals surface area contributed by atoms with Crippen LogP contribution in [0.25, 0.3) is 0 Å². The molecule has 0 aliphatic rings. The molecule has 0 saturated carbocycles. The van der Waals surface area contributed by atoms with E-state index < -0.39 is 0 Å². The highest BCUT2D eigenvalue weighted by Crippen LogP contribution is 2.18. The standard InChI is InChI=1S/C20H21ClN4/c1-14-6-7-18(12-15(14)2)24-20-23-11-9-19(25-20)22-10-8-16-4-3-5-17(21)13-16/h3-7,9,11-13H,8,10H2,1-2H3,(H2,22,23,24,25). The number of hydrogen-bond donors (Lipinski definition) is 2. The lowest BCUT2D eigenvalue weighted by Crippen LogP contribution is -2.07. The van der Waals surface area contributed by atoms with Gasteiger partial charge in [-0.15, -0.1) is 0 Å². The molecule has 2 aromatic carbocycles. The molecule has 5 heteroatoms. The molecule has 0 saturated heterocycles. The van der Waals surface area contributed by atoms with E-state index >= 15 is 0 Å². The summed E-state index contributed by atoms with van der Waals surface area (Å²) in [6, 6.07) is 16.0. The van der Waals surface area contributed by atoms with Crippen molar-refractivity contribution < 1.29 is 0 Å². The Kier molecular flexibility index (Phi) is 5.51. The normalized spacial score (nSPS) is 10.5. The van der Waals surface area contributed by atoms with Crippen LogP contribution in [0, 0.1) is 13.8 Å². The Hall–Kier alpha value is -2.59. The number of aryl methyl sites for hydroxylation is 2. The zero-order valence-electron chi connectivity index (χ0n) is 14.4. The van der Waals surface area contributed by atoms with Crippen LogP contribution in [-0.2, 0) is 6.42 Å². The maximum atomic E-state index is 6.01. The first-order valence-electron chi connectivity index (χ1n) is 8.26. The second-order valence-electron chi connectivity index (χ2n) is 6.00. The molecule has 3 aromatic rings. The van der Waals surface area contributed by atoms with Gasteiger partial charge in [-0.1, -0.05) is 29.8 Å². The molecule has 0 unspecified atom stereocenters. The quantitative estimate of drug-likeness (QED) is 0.644. The predicted octanol–water partition coefficient (Wildman–Crippen LogP) is 5.15. The fourth-order valence-corrected chi connectivity index (χ4v) is 2.71. The van der Waals surface area contributed by atoms with Crippen molar-refractivity contribution in [3.63, 3.8) is 0 Å². The summed E-state index contributed by atoms with van der Waals surface area (Å²) in [7, 11) is 0. The van der Waals surface area contributed by atoms with Crippen molar-refractivity contribution in [3.05, 3.63) is 76.4 Å². The minimum atomic E-state index is 0.580. The molecule has 0 spiro atoms. The molecule has 3 rings (SSSR count). The molecule has 1 heterocycles. The van der Waals surface area contributed by atoms with Crippen LogP contribution >= 0.6 is 11.6 Å². The maximum Gasteiger partial charge on any atom is 0.229 e. The molecule has 0 bridgehead atoms. The number of nitrogens with zero attached hydrogens (tertiary/aromatic N) is 2. The summed E-state index contributed by atoms with van der Waals surface area (Å²) in [5.41, 5.74) is 4.69. The van der Waals surface area contributed by atoms with Gasteiger partial charge in [0.25, 0.3) is 0 Å². The van der Waals surface area contributed by atoms with E-state index in [-0.39, 0.29) is 0 Å². The zero-order valence-corrected chi connectivity index (χ0v) is 15.1. The Balaban J connectivity index is 1.60. The average Bonchev–Trinajstić information content (AvgIpc) is 2.59. The summed E-state index contributed by atoms with van der Waals surface area (Å²) >= 11 is 6.01. The molecule has 128 valence electrons. The summed E-state index contributed by atoms with van der Waals surface area (Å²) in [5, 5.41) is 7.34. The average molecular weight is 353 g/mol. The van der Waals surface area contributed by atoms with Crippen molar-refractivity contribution in [2.45, 2.75) is 20.3 Å². The van der Waals surface area contributed by atoms with Gasteiger partial charge < -0.3 is 10.6 Å². The number of aromatic nitrogens is 2. The van der Waals surface area contributed by atoms with Gasteiger partial charge in [-0.2, -0.15) is 4.98 Å². The summed E-state index contributed by atoms with van der Waals surface area (Å²) in [6.45, 7) is 4.97. The van der Waals surface area contributed by atoms with E-state index in [0.717, 1.165) is 29.5 Å².